The highest BCUT2D eigenvalue weighted by Gasteiger charge is 2.67. The lowest BCUT2D eigenvalue weighted by atomic mass is 9.98. The molecule has 3 fully saturated rings. The van der Waals surface area contributed by atoms with Crippen LogP contribution >= 0.6 is 0 Å². The average molecular weight is 476 g/mol. The fraction of sp³-hybridized carbons (Fsp3) is 0.385. The Morgan fingerprint density at radius 3 is 2.37 bits per heavy atom. The Morgan fingerprint density at radius 2 is 1.71 bits per heavy atom. The highest BCUT2D eigenvalue weighted by atomic mass is 16.5. The van der Waals surface area contributed by atoms with Gasteiger partial charge in [0.15, 0.2) is 6.04 Å². The number of aliphatic carboxylic acids is 1. The third-order valence-corrected chi connectivity index (χ3v) is 7.94. The van der Waals surface area contributed by atoms with Crippen molar-refractivity contribution in [2.75, 3.05) is 6.61 Å². The van der Waals surface area contributed by atoms with E-state index in [1.54, 1.807) is 0 Å². The molecule has 9 heteroatoms. The fourth-order valence-electron chi connectivity index (χ4n) is 6.23. The molecule has 35 heavy (non-hydrogen) atoms. The van der Waals surface area contributed by atoms with E-state index in [1.807, 2.05) is 24.3 Å². The number of hydrogen-bond donors (Lipinski definition) is 3. The summed E-state index contributed by atoms with van der Waals surface area (Å²) < 4.78 is 5.63. The minimum Gasteiger partial charge on any atom is -0.480 e. The number of carboxylic acids is 1. The van der Waals surface area contributed by atoms with Crippen LogP contribution in [0.1, 0.15) is 42.7 Å². The van der Waals surface area contributed by atoms with Crippen LogP contribution in [0.2, 0.25) is 0 Å². The normalized spacial score (nSPS) is 28.1. The Bertz CT molecular complexity index is 1220. The number of ether oxygens (including phenoxy) is 1. The lowest BCUT2D eigenvalue weighted by Gasteiger charge is -2.25. The van der Waals surface area contributed by atoms with Gasteiger partial charge < -0.3 is 15.2 Å². The Morgan fingerprint density at radius 1 is 1.06 bits per heavy atom. The maximum Gasteiger partial charge on any atom is 0.407 e. The van der Waals surface area contributed by atoms with E-state index in [-0.39, 0.29) is 36.8 Å². The average Bonchev–Trinajstić information content (AvgIpc) is 3.13. The molecule has 9 nitrogen and oxygen atoms in total. The van der Waals surface area contributed by atoms with Gasteiger partial charge in [-0.3, -0.25) is 15.0 Å². The van der Waals surface area contributed by atoms with Gasteiger partial charge in [0.25, 0.3) is 0 Å². The van der Waals surface area contributed by atoms with Gasteiger partial charge in [-0.05, 0) is 47.4 Å². The first-order chi connectivity index (χ1) is 16.9. The molecule has 6 rings (SSSR count). The standard InChI is InChI=1S/C26H25N3O6/c30-22-10-21(23(31)32)29(28-22)24(33)26-11-14(26)9-15(12-26)27-25(34)35-13-20-18-7-3-1-5-16(18)17-6-2-4-8-19(17)20/h1-8,14-15,20-21H,9-13H2,(H,27,34)(H,28,30)(H,31,32)/t14-,15+,21?,26+/m0/s1. The van der Waals surface area contributed by atoms with Crippen LogP contribution in [-0.4, -0.2) is 52.7 Å². The van der Waals surface area contributed by atoms with Crippen LogP contribution < -0.4 is 10.7 Å². The van der Waals surface area contributed by atoms with Gasteiger partial charge in [0.2, 0.25) is 11.8 Å². The zero-order valence-electron chi connectivity index (χ0n) is 18.9. The van der Waals surface area contributed by atoms with Crippen LogP contribution in [0.25, 0.3) is 11.1 Å². The number of nitrogens with zero attached hydrogens (tertiary/aromatic N) is 1. The molecule has 4 atom stereocenters. The van der Waals surface area contributed by atoms with Crippen molar-refractivity contribution in [3.63, 3.8) is 0 Å². The Balaban J connectivity index is 1.08. The van der Waals surface area contributed by atoms with Gasteiger partial charge in [0, 0.05) is 12.0 Å². The van der Waals surface area contributed by atoms with Gasteiger partial charge >= 0.3 is 12.1 Å². The van der Waals surface area contributed by atoms with E-state index in [1.165, 1.54) is 0 Å². The molecule has 1 aliphatic heterocycles. The van der Waals surface area contributed by atoms with Crippen LogP contribution in [0, 0.1) is 11.3 Å². The predicted molar refractivity (Wildman–Crippen MR) is 123 cm³/mol. The molecule has 3 aliphatic carbocycles. The number of hydrazine groups is 1. The summed E-state index contributed by atoms with van der Waals surface area (Å²) in [6, 6.07) is 14.8. The van der Waals surface area contributed by atoms with Crippen molar-refractivity contribution in [2.45, 2.75) is 43.7 Å². The molecule has 3 amide bonds. The summed E-state index contributed by atoms with van der Waals surface area (Å²) in [4.78, 5) is 49.0. The number of carbonyl (C=O) groups is 4. The zero-order valence-corrected chi connectivity index (χ0v) is 18.9. The van der Waals surface area contributed by atoms with Crippen LogP contribution in [-0.2, 0) is 19.1 Å². The van der Waals surface area contributed by atoms with E-state index in [9.17, 15) is 24.3 Å². The first-order valence-corrected chi connectivity index (χ1v) is 11.8. The fourth-order valence-corrected chi connectivity index (χ4v) is 6.23. The highest BCUT2D eigenvalue weighted by molar-refractivity contribution is 5.97. The third-order valence-electron chi connectivity index (χ3n) is 7.94. The molecule has 1 saturated heterocycles. The summed E-state index contributed by atoms with van der Waals surface area (Å²) >= 11 is 0. The van der Waals surface area contributed by atoms with Gasteiger partial charge in [-0.1, -0.05) is 48.5 Å². The summed E-state index contributed by atoms with van der Waals surface area (Å²) in [7, 11) is 0. The van der Waals surface area contributed by atoms with E-state index < -0.39 is 29.4 Å². The maximum atomic E-state index is 13.1. The number of amides is 3. The van der Waals surface area contributed by atoms with Gasteiger partial charge in [-0.15, -0.1) is 0 Å². The van der Waals surface area contributed by atoms with Crippen molar-refractivity contribution in [1.29, 1.82) is 0 Å². The number of benzene rings is 2. The lowest BCUT2D eigenvalue weighted by molar-refractivity contribution is -0.153. The maximum absolute atomic E-state index is 13.1. The number of nitrogens with one attached hydrogen (secondary N) is 2. The van der Waals surface area contributed by atoms with Gasteiger partial charge in [0.1, 0.15) is 6.61 Å². The second-order valence-electron chi connectivity index (χ2n) is 9.93. The molecule has 2 aromatic carbocycles. The van der Waals surface area contributed by atoms with Crippen LogP contribution in [0.15, 0.2) is 48.5 Å². The van der Waals surface area contributed by atoms with Gasteiger partial charge in [-0.25, -0.2) is 14.6 Å². The summed E-state index contributed by atoms with van der Waals surface area (Å²) in [6.45, 7) is 0.209. The van der Waals surface area contributed by atoms with Crippen molar-refractivity contribution in [2.24, 2.45) is 11.3 Å². The van der Waals surface area contributed by atoms with E-state index in [4.69, 9.17) is 4.74 Å². The largest absolute Gasteiger partial charge is 0.480 e. The first-order valence-electron chi connectivity index (χ1n) is 11.8. The van der Waals surface area contributed by atoms with Crippen LogP contribution in [0.4, 0.5) is 4.79 Å². The molecule has 1 heterocycles. The van der Waals surface area contributed by atoms with E-state index in [0.717, 1.165) is 27.3 Å². The summed E-state index contributed by atoms with van der Waals surface area (Å²) in [5.41, 5.74) is 6.24. The summed E-state index contributed by atoms with van der Waals surface area (Å²) in [6.07, 6.45) is 0.879. The predicted octanol–water partition coefficient (Wildman–Crippen LogP) is 2.41. The quantitative estimate of drug-likeness (QED) is 0.610. The van der Waals surface area contributed by atoms with Crippen molar-refractivity contribution in [3.8, 4) is 11.1 Å². The van der Waals surface area contributed by atoms with Crippen molar-refractivity contribution in [1.82, 2.24) is 15.8 Å². The molecule has 0 aromatic heterocycles. The molecular weight excluding hydrogens is 450 g/mol. The van der Waals surface area contributed by atoms with E-state index in [2.05, 4.69) is 35.0 Å². The molecule has 0 bridgehead atoms. The highest BCUT2D eigenvalue weighted by Crippen LogP contribution is 2.64. The molecule has 1 unspecified atom stereocenters. The summed E-state index contributed by atoms with van der Waals surface area (Å²) in [5.74, 6) is -2.05. The van der Waals surface area contributed by atoms with Crippen LogP contribution in [0.5, 0.6) is 0 Å². The molecule has 0 radical (unpaired) electrons. The first kappa shape index (κ1) is 21.6. The molecule has 0 spiro atoms. The van der Waals surface area contributed by atoms with Gasteiger partial charge in [-0.2, -0.15) is 0 Å². The molecule has 2 aromatic rings. The lowest BCUT2D eigenvalue weighted by Crippen LogP contribution is -2.50. The van der Waals surface area contributed by atoms with E-state index >= 15 is 0 Å². The number of fused-ring (bicyclic) bond motifs is 4. The molecule has 2 saturated carbocycles. The summed E-state index contributed by atoms with van der Waals surface area (Å²) in [5, 5.41) is 13.2. The van der Waals surface area contributed by atoms with Crippen molar-refractivity contribution >= 4 is 23.9 Å². The minimum atomic E-state index is -1.21. The molecule has 180 valence electrons. The molecular formula is C26H25N3O6. The van der Waals surface area contributed by atoms with Crippen molar-refractivity contribution < 1.29 is 29.0 Å². The topological polar surface area (TPSA) is 125 Å². The van der Waals surface area contributed by atoms with Gasteiger partial charge in [0.05, 0.1) is 11.8 Å². The smallest absolute Gasteiger partial charge is 0.407 e. The third kappa shape index (κ3) is 3.45. The second kappa shape index (κ2) is 7.83. The SMILES string of the molecule is O=C1CC(C(=O)O)N(C(=O)[C@]23C[C@H](NC(=O)OCC4c5ccccc5-c5ccccc54)C[C@H]2C3)N1. The zero-order chi connectivity index (χ0) is 24.3. The monoisotopic (exact) mass is 475 g/mol. The molecule has 3 N–H and O–H groups in total. The van der Waals surface area contributed by atoms with E-state index in [0.29, 0.717) is 19.3 Å². The Kier molecular flexibility index (Phi) is 4.84. The van der Waals surface area contributed by atoms with Crippen molar-refractivity contribution in [3.05, 3.63) is 59.7 Å². The number of hydrogen-bond acceptors (Lipinski definition) is 5. The number of alkyl carbamates (subject to hydrolysis) is 1. The Hall–Kier alpha value is -3.88. The Labute approximate surface area is 201 Å². The molecule has 4 aliphatic rings. The van der Waals surface area contributed by atoms with Crippen LogP contribution in [0.3, 0.4) is 0 Å². The second-order valence-corrected chi connectivity index (χ2v) is 9.93. The number of carboxylic acid groups (broad SMARTS) is 1. The number of carbonyl (C=O) groups excluding carboxylic acids is 3. The number of rotatable bonds is 5. The minimum absolute atomic E-state index is 0.0372.